The first-order valence-electron chi connectivity index (χ1n) is 8.60. The Balaban J connectivity index is 1.64. The van der Waals surface area contributed by atoms with Crippen LogP contribution in [0.5, 0.6) is 0 Å². The highest BCUT2D eigenvalue weighted by Crippen LogP contribution is 2.34. The zero-order valence-electron chi connectivity index (χ0n) is 15.1. The number of carbonyl (C=O) groups excluding carboxylic acids is 1. The Labute approximate surface area is 187 Å². The van der Waals surface area contributed by atoms with Gasteiger partial charge in [0, 0.05) is 22.6 Å². The zero-order valence-corrected chi connectivity index (χ0v) is 18.2. The molecule has 8 heteroatoms. The number of aliphatic imine (C=N–C) groups is 1. The van der Waals surface area contributed by atoms with Gasteiger partial charge in [0.25, 0.3) is 5.91 Å². The number of nitrogens with one attached hydrogen (secondary N) is 1. The lowest BCUT2D eigenvalue weighted by Gasteiger charge is -2.08. The van der Waals surface area contributed by atoms with Crippen LogP contribution in [0.3, 0.4) is 0 Å². The normalized spacial score (nSPS) is 16.6. The summed E-state index contributed by atoms with van der Waals surface area (Å²) < 4.78 is 1.97. The number of amides is 1. The summed E-state index contributed by atoms with van der Waals surface area (Å²) in [6.07, 6.45) is 3.74. The number of aromatic nitrogens is 1. The van der Waals surface area contributed by atoms with Gasteiger partial charge < -0.3 is 9.88 Å². The highest BCUT2D eigenvalue weighted by molar-refractivity contribution is 8.18. The quantitative estimate of drug-likeness (QED) is 0.444. The van der Waals surface area contributed by atoms with Crippen molar-refractivity contribution in [2.75, 3.05) is 0 Å². The van der Waals surface area contributed by atoms with Gasteiger partial charge in [0.05, 0.1) is 20.6 Å². The van der Waals surface area contributed by atoms with E-state index in [4.69, 9.17) is 34.8 Å². The van der Waals surface area contributed by atoms with Gasteiger partial charge >= 0.3 is 0 Å². The fourth-order valence-corrected chi connectivity index (χ4v) is 4.11. The topological polar surface area (TPSA) is 46.4 Å². The highest BCUT2D eigenvalue weighted by atomic mass is 35.5. The molecule has 1 amide bonds. The van der Waals surface area contributed by atoms with E-state index < -0.39 is 0 Å². The number of aryl methyl sites for hydroxylation is 1. The molecule has 146 valence electrons. The average Bonchev–Trinajstić information content (AvgIpc) is 3.28. The number of nitrogens with zero attached hydrogens (tertiary/aromatic N) is 2. The number of rotatable bonds is 3. The van der Waals surface area contributed by atoms with E-state index in [1.54, 1.807) is 18.2 Å². The SMILES string of the molecule is Cc1ccc(-n2cccc2/C=C2\SC(=Nc3cccc(Cl)c3Cl)NC2=O)cc1Cl. The van der Waals surface area contributed by atoms with Crippen molar-refractivity contribution in [2.45, 2.75) is 6.92 Å². The van der Waals surface area contributed by atoms with Crippen LogP contribution in [0, 0.1) is 6.92 Å². The van der Waals surface area contributed by atoms with Gasteiger partial charge in [0.2, 0.25) is 0 Å². The molecule has 2 heterocycles. The van der Waals surface area contributed by atoms with E-state index in [0.29, 0.717) is 30.8 Å². The average molecular weight is 463 g/mol. The van der Waals surface area contributed by atoms with Crippen molar-refractivity contribution in [2.24, 2.45) is 4.99 Å². The van der Waals surface area contributed by atoms with Crippen molar-refractivity contribution in [3.8, 4) is 5.69 Å². The first-order chi connectivity index (χ1) is 13.9. The van der Waals surface area contributed by atoms with Gasteiger partial charge in [-0.3, -0.25) is 4.79 Å². The molecule has 4 nitrogen and oxygen atoms in total. The van der Waals surface area contributed by atoms with Gasteiger partial charge in [0.1, 0.15) is 0 Å². The summed E-state index contributed by atoms with van der Waals surface area (Å²) in [5, 5.41) is 4.65. The molecular formula is C21H14Cl3N3OS. The minimum atomic E-state index is -0.221. The maximum Gasteiger partial charge on any atom is 0.264 e. The van der Waals surface area contributed by atoms with Crippen LogP contribution in [0.1, 0.15) is 11.3 Å². The molecule has 29 heavy (non-hydrogen) atoms. The first kappa shape index (κ1) is 20.1. The molecular weight excluding hydrogens is 449 g/mol. The molecule has 3 aromatic rings. The van der Waals surface area contributed by atoms with E-state index in [0.717, 1.165) is 16.9 Å². The Bertz CT molecular complexity index is 1180. The van der Waals surface area contributed by atoms with Crippen molar-refractivity contribution < 1.29 is 4.79 Å². The van der Waals surface area contributed by atoms with Crippen molar-refractivity contribution in [1.29, 1.82) is 0 Å². The van der Waals surface area contributed by atoms with E-state index in [2.05, 4.69) is 10.3 Å². The van der Waals surface area contributed by atoms with Crippen LogP contribution in [0.4, 0.5) is 5.69 Å². The third kappa shape index (κ3) is 4.23. The van der Waals surface area contributed by atoms with Crippen molar-refractivity contribution in [3.05, 3.63) is 86.0 Å². The Morgan fingerprint density at radius 2 is 1.90 bits per heavy atom. The predicted molar refractivity (Wildman–Crippen MR) is 123 cm³/mol. The smallest absolute Gasteiger partial charge is 0.264 e. The summed E-state index contributed by atoms with van der Waals surface area (Å²) in [5.41, 5.74) is 3.28. The lowest BCUT2D eigenvalue weighted by molar-refractivity contribution is -0.115. The zero-order chi connectivity index (χ0) is 20.5. The predicted octanol–water partition coefficient (Wildman–Crippen LogP) is 6.64. The molecule has 0 saturated carbocycles. The van der Waals surface area contributed by atoms with Crippen LogP contribution in [0.25, 0.3) is 11.8 Å². The second-order valence-corrected chi connectivity index (χ2v) is 8.51. The van der Waals surface area contributed by atoms with E-state index in [9.17, 15) is 4.79 Å². The standard InChI is InChI=1S/C21H14Cl3N3OS/c1-12-7-8-14(10-16(12)23)27-9-3-4-13(27)11-18-20(28)26-21(29-18)25-17-6-2-5-15(22)19(17)24/h2-11H,1H3,(H,25,26,28)/b18-11-. The third-order valence-corrected chi connectivity index (χ3v) is 6.42. The van der Waals surface area contributed by atoms with Crippen LogP contribution in [0.15, 0.2) is 64.6 Å². The van der Waals surface area contributed by atoms with E-state index in [-0.39, 0.29) is 5.91 Å². The van der Waals surface area contributed by atoms with Crippen LogP contribution in [-0.2, 0) is 4.79 Å². The molecule has 1 fully saturated rings. The van der Waals surface area contributed by atoms with Crippen molar-refractivity contribution >= 4 is 69.4 Å². The van der Waals surface area contributed by atoms with Gasteiger partial charge in [-0.15, -0.1) is 0 Å². The van der Waals surface area contributed by atoms with Crippen LogP contribution < -0.4 is 5.32 Å². The van der Waals surface area contributed by atoms with Crippen LogP contribution in [0.2, 0.25) is 15.1 Å². The lowest BCUT2D eigenvalue weighted by atomic mass is 10.2. The number of hydrogen-bond donors (Lipinski definition) is 1. The van der Waals surface area contributed by atoms with E-state index in [1.807, 2.05) is 54.1 Å². The summed E-state index contributed by atoms with van der Waals surface area (Å²) in [5.74, 6) is -0.221. The number of carbonyl (C=O) groups is 1. The van der Waals surface area contributed by atoms with Crippen molar-refractivity contribution in [1.82, 2.24) is 9.88 Å². The van der Waals surface area contributed by atoms with Gasteiger partial charge in [-0.05, 0) is 66.7 Å². The molecule has 0 bridgehead atoms. The molecule has 0 radical (unpaired) electrons. The minimum absolute atomic E-state index is 0.221. The number of thioether (sulfide) groups is 1. The van der Waals surface area contributed by atoms with Crippen LogP contribution in [-0.4, -0.2) is 15.6 Å². The van der Waals surface area contributed by atoms with Gasteiger partial charge in [-0.2, -0.15) is 0 Å². The molecule has 1 N–H and O–H groups in total. The maximum atomic E-state index is 12.4. The monoisotopic (exact) mass is 461 g/mol. The summed E-state index contributed by atoms with van der Waals surface area (Å²) in [7, 11) is 0. The first-order valence-corrected chi connectivity index (χ1v) is 10.5. The van der Waals surface area contributed by atoms with E-state index in [1.165, 1.54) is 11.8 Å². The van der Waals surface area contributed by atoms with Gasteiger partial charge in [-0.1, -0.05) is 46.9 Å². The molecule has 2 aromatic carbocycles. The number of halogens is 3. The molecule has 1 aliphatic rings. The second-order valence-electron chi connectivity index (χ2n) is 6.29. The number of hydrogen-bond acceptors (Lipinski definition) is 3. The molecule has 0 unspecified atom stereocenters. The molecule has 1 aliphatic heterocycles. The Morgan fingerprint density at radius 3 is 2.69 bits per heavy atom. The number of amidine groups is 1. The second kappa shape index (κ2) is 8.28. The number of benzene rings is 2. The van der Waals surface area contributed by atoms with E-state index >= 15 is 0 Å². The summed E-state index contributed by atoms with van der Waals surface area (Å²) in [6.45, 7) is 1.96. The molecule has 1 saturated heterocycles. The summed E-state index contributed by atoms with van der Waals surface area (Å²) in [6, 6.07) is 14.9. The Kier molecular flexibility index (Phi) is 5.74. The molecule has 0 spiro atoms. The van der Waals surface area contributed by atoms with Crippen LogP contribution >= 0.6 is 46.6 Å². The molecule has 0 atom stereocenters. The molecule has 0 aliphatic carbocycles. The summed E-state index contributed by atoms with van der Waals surface area (Å²) >= 11 is 19.7. The third-order valence-electron chi connectivity index (χ3n) is 4.30. The maximum absolute atomic E-state index is 12.4. The minimum Gasteiger partial charge on any atom is -0.317 e. The Morgan fingerprint density at radius 1 is 1.07 bits per heavy atom. The fourth-order valence-electron chi connectivity index (χ4n) is 2.78. The lowest BCUT2D eigenvalue weighted by Crippen LogP contribution is -2.19. The molecule has 1 aromatic heterocycles. The van der Waals surface area contributed by atoms with Gasteiger partial charge in [0.15, 0.2) is 5.17 Å². The van der Waals surface area contributed by atoms with Gasteiger partial charge in [-0.25, -0.2) is 4.99 Å². The largest absolute Gasteiger partial charge is 0.317 e. The molecule has 4 rings (SSSR count). The highest BCUT2D eigenvalue weighted by Gasteiger charge is 2.24. The fraction of sp³-hybridized carbons (Fsp3) is 0.0476. The summed E-state index contributed by atoms with van der Waals surface area (Å²) in [4.78, 5) is 17.4. The van der Waals surface area contributed by atoms with Crippen molar-refractivity contribution in [3.63, 3.8) is 0 Å². The Hall–Kier alpha value is -2.18.